The first-order valence-electron chi connectivity index (χ1n) is 6.92. The number of hydrogen-bond acceptors (Lipinski definition) is 6. The molecule has 2 N–H and O–H groups in total. The summed E-state index contributed by atoms with van der Waals surface area (Å²) >= 11 is 7.21. The maximum absolute atomic E-state index is 10.6. The fourth-order valence-electron chi connectivity index (χ4n) is 1.94. The molecule has 0 unspecified atom stereocenters. The number of thiazole rings is 1. The number of rotatable bonds is 3. The van der Waals surface area contributed by atoms with Gasteiger partial charge in [-0.05, 0) is 38.9 Å². The first-order chi connectivity index (χ1) is 11.1. The molecule has 11 heteroatoms. The van der Waals surface area contributed by atoms with Crippen molar-refractivity contribution in [2.75, 3.05) is 32.0 Å². The van der Waals surface area contributed by atoms with E-state index < -0.39 is 12.1 Å². The Kier molecular flexibility index (Phi) is 7.72. The Morgan fingerprint density at radius 1 is 1.54 bits per heavy atom. The van der Waals surface area contributed by atoms with Crippen LogP contribution in [0.25, 0.3) is 0 Å². The fraction of sp³-hybridized carbons (Fsp3) is 0.615. The maximum Gasteiger partial charge on any atom is 0.490 e. The van der Waals surface area contributed by atoms with Crippen LogP contribution in [-0.4, -0.2) is 53.8 Å². The van der Waals surface area contributed by atoms with Crippen molar-refractivity contribution >= 4 is 34.0 Å². The van der Waals surface area contributed by atoms with Crippen molar-refractivity contribution in [1.82, 2.24) is 9.88 Å². The predicted octanol–water partition coefficient (Wildman–Crippen LogP) is 3.06. The molecule has 6 nitrogen and oxygen atoms in total. The highest BCUT2D eigenvalue weighted by molar-refractivity contribution is 7.19. The number of alkyl halides is 3. The molecule has 0 atom stereocenters. The lowest BCUT2D eigenvalue weighted by Gasteiger charge is -2.28. The van der Waals surface area contributed by atoms with Gasteiger partial charge in [0.2, 0.25) is 0 Å². The van der Waals surface area contributed by atoms with Crippen LogP contribution < -0.4 is 5.32 Å². The predicted molar refractivity (Wildman–Crippen MR) is 84.2 cm³/mol. The van der Waals surface area contributed by atoms with E-state index in [2.05, 4.69) is 22.2 Å². The monoisotopic (exact) mass is 384 g/mol. The molecule has 1 saturated heterocycles. The number of nitrogens with one attached hydrogen (secondary N) is 1. The van der Waals surface area contributed by atoms with E-state index in [9.17, 15) is 13.2 Å². The van der Waals surface area contributed by atoms with Crippen molar-refractivity contribution in [3.05, 3.63) is 10.0 Å². The lowest BCUT2D eigenvalue weighted by Crippen LogP contribution is -2.32. The molecule has 1 aromatic rings. The first kappa shape index (κ1) is 20.5. The van der Waals surface area contributed by atoms with Crippen molar-refractivity contribution < 1.29 is 23.1 Å². The summed E-state index contributed by atoms with van der Waals surface area (Å²) in [5.41, 5.74) is 0.322. The molecule has 1 aromatic heterocycles. The number of anilines is 1. The third-order valence-corrected chi connectivity index (χ3v) is 4.53. The summed E-state index contributed by atoms with van der Waals surface area (Å²) < 4.78 is 32.2. The summed E-state index contributed by atoms with van der Waals surface area (Å²) in [6, 6.07) is 1.98. The summed E-state index contributed by atoms with van der Waals surface area (Å²) in [4.78, 5) is 15.4. The van der Waals surface area contributed by atoms with Gasteiger partial charge in [-0.15, -0.1) is 0 Å². The molecule has 24 heavy (non-hydrogen) atoms. The zero-order valence-corrected chi connectivity index (χ0v) is 14.3. The van der Waals surface area contributed by atoms with E-state index in [4.69, 9.17) is 26.8 Å². The second kappa shape index (κ2) is 9.05. The number of aliphatic carboxylic acids is 1. The highest BCUT2D eigenvalue weighted by Gasteiger charge is 2.38. The normalized spacial score (nSPS) is 16.0. The molecule has 1 fully saturated rings. The lowest BCUT2D eigenvalue weighted by molar-refractivity contribution is -0.192. The Hall–Kier alpha value is -1.57. The van der Waals surface area contributed by atoms with Crippen molar-refractivity contribution in [2.45, 2.75) is 19.0 Å². The molecule has 2 heterocycles. The minimum Gasteiger partial charge on any atom is -0.475 e. The minimum absolute atomic E-state index is 0.322. The number of carbonyl (C=O) groups is 1. The Bertz CT molecular complexity index is 595. The molecule has 0 aliphatic carbocycles. The van der Waals surface area contributed by atoms with Crippen molar-refractivity contribution in [3.63, 3.8) is 0 Å². The number of piperidine rings is 1. The van der Waals surface area contributed by atoms with Crippen LogP contribution in [0.5, 0.6) is 0 Å². The summed E-state index contributed by atoms with van der Waals surface area (Å²) in [6.07, 6.45) is -2.65. The van der Waals surface area contributed by atoms with E-state index in [0.29, 0.717) is 15.9 Å². The van der Waals surface area contributed by atoms with Gasteiger partial charge in [0.15, 0.2) is 10.8 Å². The van der Waals surface area contributed by atoms with Crippen LogP contribution in [0.1, 0.15) is 18.5 Å². The first-order valence-corrected chi connectivity index (χ1v) is 8.12. The van der Waals surface area contributed by atoms with Crippen LogP contribution in [0.15, 0.2) is 0 Å². The molecule has 0 amide bonds. The Labute approximate surface area is 145 Å². The van der Waals surface area contributed by atoms with Crippen LogP contribution in [-0.2, 0) is 4.79 Å². The Morgan fingerprint density at radius 3 is 2.50 bits per heavy atom. The second-order valence-corrected chi connectivity index (χ2v) is 6.78. The van der Waals surface area contributed by atoms with Crippen molar-refractivity contribution in [2.24, 2.45) is 5.92 Å². The lowest BCUT2D eigenvalue weighted by atomic mass is 9.97. The van der Waals surface area contributed by atoms with Gasteiger partial charge in [-0.1, -0.05) is 22.9 Å². The zero-order chi connectivity index (χ0) is 18.3. The van der Waals surface area contributed by atoms with Crippen LogP contribution in [0.4, 0.5) is 18.3 Å². The Balaban J connectivity index is 0.000000351. The number of nitriles is 1. The molecule has 1 aliphatic rings. The van der Waals surface area contributed by atoms with E-state index in [0.717, 1.165) is 24.8 Å². The van der Waals surface area contributed by atoms with Crippen LogP contribution in [0.3, 0.4) is 0 Å². The SMILES string of the molecule is CN1CCC(CNc2nc(C#N)c(Cl)s2)CC1.O=C(O)C(F)(F)F. The van der Waals surface area contributed by atoms with Gasteiger partial charge in [0.05, 0.1) is 0 Å². The number of hydrogen-bond donors (Lipinski definition) is 2. The molecule has 0 bridgehead atoms. The van der Waals surface area contributed by atoms with E-state index >= 15 is 0 Å². The van der Waals surface area contributed by atoms with Gasteiger partial charge >= 0.3 is 12.1 Å². The molecule has 2 rings (SSSR count). The van der Waals surface area contributed by atoms with Crippen LogP contribution in [0.2, 0.25) is 4.34 Å². The molecule has 1 aliphatic heterocycles. The standard InChI is InChI=1S/C11H15ClN4S.C2HF3O2/c1-16-4-2-8(3-5-16)7-14-11-15-9(6-13)10(12)17-11;3-2(4,5)1(6)7/h8H,2-5,7H2,1H3,(H,14,15);(H,6,7). The van der Waals surface area contributed by atoms with Gasteiger partial charge in [0.25, 0.3) is 0 Å². The second-order valence-electron chi connectivity index (χ2n) is 5.18. The maximum atomic E-state index is 10.6. The molecular formula is C13H16ClF3N4O2S. The highest BCUT2D eigenvalue weighted by atomic mass is 35.5. The topological polar surface area (TPSA) is 89.3 Å². The van der Waals surface area contributed by atoms with Gasteiger partial charge in [-0.3, -0.25) is 0 Å². The molecule has 0 radical (unpaired) electrons. The highest BCUT2D eigenvalue weighted by Crippen LogP contribution is 2.28. The number of carboxylic acids is 1. The molecular weight excluding hydrogens is 369 g/mol. The molecule has 0 aromatic carbocycles. The van der Waals surface area contributed by atoms with Gasteiger partial charge in [0, 0.05) is 6.54 Å². The quantitative estimate of drug-likeness (QED) is 0.832. The van der Waals surface area contributed by atoms with E-state index in [1.807, 2.05) is 6.07 Å². The Morgan fingerprint density at radius 2 is 2.08 bits per heavy atom. The summed E-state index contributed by atoms with van der Waals surface area (Å²) in [5.74, 6) is -2.06. The average Bonchev–Trinajstić information content (AvgIpc) is 2.86. The minimum atomic E-state index is -5.08. The largest absolute Gasteiger partial charge is 0.490 e. The van der Waals surface area contributed by atoms with Gasteiger partial charge < -0.3 is 15.3 Å². The van der Waals surface area contributed by atoms with E-state index in [1.54, 1.807) is 0 Å². The molecule has 134 valence electrons. The smallest absolute Gasteiger partial charge is 0.475 e. The summed E-state index contributed by atoms with van der Waals surface area (Å²) in [7, 11) is 2.16. The third-order valence-electron chi connectivity index (χ3n) is 3.31. The number of likely N-dealkylation sites (tertiary alicyclic amines) is 1. The number of aromatic nitrogens is 1. The van der Waals surface area contributed by atoms with Crippen molar-refractivity contribution in [1.29, 1.82) is 5.26 Å². The van der Waals surface area contributed by atoms with E-state index in [-0.39, 0.29) is 0 Å². The summed E-state index contributed by atoms with van der Waals surface area (Å²) in [5, 5.41) is 19.9. The van der Waals surface area contributed by atoms with Gasteiger partial charge in [-0.25, -0.2) is 9.78 Å². The fourth-order valence-corrected chi connectivity index (χ4v) is 2.90. The van der Waals surface area contributed by atoms with Crippen LogP contribution >= 0.6 is 22.9 Å². The number of nitrogens with zero attached hydrogens (tertiary/aromatic N) is 3. The van der Waals surface area contributed by atoms with Crippen LogP contribution in [0, 0.1) is 17.2 Å². The van der Waals surface area contributed by atoms with E-state index in [1.165, 1.54) is 24.2 Å². The van der Waals surface area contributed by atoms with Gasteiger partial charge in [0.1, 0.15) is 10.4 Å². The number of halogens is 4. The summed E-state index contributed by atoms with van der Waals surface area (Å²) in [6.45, 7) is 3.24. The average molecular weight is 385 g/mol. The third kappa shape index (κ3) is 6.90. The molecule has 0 saturated carbocycles. The van der Waals surface area contributed by atoms with Crippen molar-refractivity contribution in [3.8, 4) is 6.07 Å². The van der Waals surface area contributed by atoms with Gasteiger partial charge in [-0.2, -0.15) is 18.4 Å². The molecule has 0 spiro atoms. The number of carboxylic acid groups (broad SMARTS) is 1. The zero-order valence-electron chi connectivity index (χ0n) is 12.7.